The van der Waals surface area contributed by atoms with Crippen LogP contribution in [0.25, 0.3) is 0 Å². The van der Waals surface area contributed by atoms with Crippen LogP contribution in [0, 0.1) is 5.92 Å². The average molecular weight is 249 g/mol. The van der Waals surface area contributed by atoms with Gasteiger partial charge >= 0.3 is 0 Å². The minimum absolute atomic E-state index is 0.752. The van der Waals surface area contributed by atoms with Crippen LogP contribution < -0.4 is 5.32 Å². The Bertz CT molecular complexity index is 575. The Balaban J connectivity index is 1.60. The summed E-state index contributed by atoms with van der Waals surface area (Å²) in [6.07, 6.45) is 2.65. The maximum Gasteiger partial charge on any atom is 0.0375 e. The zero-order valence-electron chi connectivity index (χ0n) is 11.0. The third kappa shape index (κ3) is 1.94. The second kappa shape index (κ2) is 4.41. The standard InChI is InChI=1S/C18H19N/c1-2-6-13(7-3-1)16-12-17(16)14-10-11-19-18-9-5-4-8-15(14)18/h1-9,14,16-17,19H,10-12H2. The first kappa shape index (κ1) is 11.1. The molecule has 1 nitrogen and oxygen atoms in total. The third-order valence-corrected chi connectivity index (χ3v) is 4.72. The molecular weight excluding hydrogens is 230 g/mol. The summed E-state index contributed by atoms with van der Waals surface area (Å²) in [6.45, 7) is 1.12. The molecule has 0 radical (unpaired) electrons. The fourth-order valence-electron chi connectivity index (χ4n) is 3.69. The number of rotatable bonds is 2. The summed E-state index contributed by atoms with van der Waals surface area (Å²) in [7, 11) is 0. The number of para-hydroxylation sites is 1. The molecule has 19 heavy (non-hydrogen) atoms. The van der Waals surface area contributed by atoms with E-state index in [-0.39, 0.29) is 0 Å². The van der Waals surface area contributed by atoms with Crippen LogP contribution in [0.4, 0.5) is 5.69 Å². The Labute approximate surface area is 114 Å². The first-order chi connectivity index (χ1) is 9.43. The van der Waals surface area contributed by atoms with E-state index in [1.165, 1.54) is 29.7 Å². The van der Waals surface area contributed by atoms with E-state index < -0.39 is 0 Å². The van der Waals surface area contributed by atoms with Crippen LogP contribution in [0.5, 0.6) is 0 Å². The molecule has 3 unspecified atom stereocenters. The van der Waals surface area contributed by atoms with Gasteiger partial charge in [-0.05, 0) is 47.8 Å². The quantitative estimate of drug-likeness (QED) is 0.832. The van der Waals surface area contributed by atoms with Gasteiger partial charge in [-0.2, -0.15) is 0 Å². The van der Waals surface area contributed by atoms with Gasteiger partial charge in [-0.25, -0.2) is 0 Å². The van der Waals surface area contributed by atoms with Gasteiger partial charge in [0, 0.05) is 12.2 Å². The normalized spacial score (nSPS) is 28.3. The van der Waals surface area contributed by atoms with Crippen LogP contribution in [0.1, 0.15) is 35.8 Å². The minimum Gasteiger partial charge on any atom is -0.385 e. The van der Waals surface area contributed by atoms with Crippen LogP contribution in [0.15, 0.2) is 54.6 Å². The average Bonchev–Trinajstić information content (AvgIpc) is 3.28. The Morgan fingerprint density at radius 3 is 2.53 bits per heavy atom. The second-order valence-electron chi connectivity index (χ2n) is 5.83. The van der Waals surface area contributed by atoms with Gasteiger partial charge in [0.15, 0.2) is 0 Å². The van der Waals surface area contributed by atoms with E-state index in [1.54, 1.807) is 0 Å². The molecule has 4 rings (SSSR count). The molecule has 2 aromatic rings. The Hall–Kier alpha value is -1.76. The predicted molar refractivity (Wildman–Crippen MR) is 79.6 cm³/mol. The fourth-order valence-corrected chi connectivity index (χ4v) is 3.69. The number of benzene rings is 2. The summed E-state index contributed by atoms with van der Waals surface area (Å²) >= 11 is 0. The van der Waals surface area contributed by atoms with E-state index in [1.807, 2.05) is 0 Å². The Morgan fingerprint density at radius 2 is 1.63 bits per heavy atom. The fraction of sp³-hybridized carbons (Fsp3) is 0.333. The molecule has 96 valence electrons. The predicted octanol–water partition coefficient (Wildman–Crippen LogP) is 4.39. The molecule has 2 aliphatic rings. The van der Waals surface area contributed by atoms with Gasteiger partial charge < -0.3 is 5.32 Å². The highest BCUT2D eigenvalue weighted by molar-refractivity contribution is 5.55. The lowest BCUT2D eigenvalue weighted by Crippen LogP contribution is -2.18. The van der Waals surface area contributed by atoms with Crippen molar-refractivity contribution in [1.82, 2.24) is 0 Å². The van der Waals surface area contributed by atoms with Crippen molar-refractivity contribution >= 4 is 5.69 Å². The molecule has 1 aliphatic heterocycles. The molecule has 1 heterocycles. The van der Waals surface area contributed by atoms with Crippen LogP contribution in [0.2, 0.25) is 0 Å². The van der Waals surface area contributed by atoms with Crippen LogP contribution in [-0.2, 0) is 0 Å². The molecular formula is C18H19N. The monoisotopic (exact) mass is 249 g/mol. The summed E-state index contributed by atoms with van der Waals surface area (Å²) in [5.74, 6) is 2.39. The zero-order chi connectivity index (χ0) is 12.7. The van der Waals surface area contributed by atoms with Gasteiger partial charge in [0.05, 0.1) is 0 Å². The Morgan fingerprint density at radius 1 is 0.842 bits per heavy atom. The number of hydrogen-bond acceptors (Lipinski definition) is 1. The van der Waals surface area contributed by atoms with Crippen molar-refractivity contribution in [2.75, 3.05) is 11.9 Å². The largest absolute Gasteiger partial charge is 0.385 e. The number of hydrogen-bond donors (Lipinski definition) is 1. The van der Waals surface area contributed by atoms with E-state index in [9.17, 15) is 0 Å². The molecule has 0 aromatic heterocycles. The Kier molecular flexibility index (Phi) is 2.58. The first-order valence-electron chi connectivity index (χ1n) is 7.31. The second-order valence-corrected chi connectivity index (χ2v) is 5.83. The molecule has 1 fully saturated rings. The van der Waals surface area contributed by atoms with Crippen LogP contribution in [0.3, 0.4) is 0 Å². The smallest absolute Gasteiger partial charge is 0.0375 e. The van der Waals surface area contributed by atoms with Crippen molar-refractivity contribution in [3.05, 3.63) is 65.7 Å². The molecule has 0 spiro atoms. The van der Waals surface area contributed by atoms with Crippen molar-refractivity contribution in [2.24, 2.45) is 5.92 Å². The topological polar surface area (TPSA) is 12.0 Å². The highest BCUT2D eigenvalue weighted by Gasteiger charge is 2.45. The van der Waals surface area contributed by atoms with Gasteiger partial charge in [-0.3, -0.25) is 0 Å². The van der Waals surface area contributed by atoms with Gasteiger partial charge in [-0.1, -0.05) is 48.5 Å². The maximum atomic E-state index is 3.53. The highest BCUT2D eigenvalue weighted by atomic mass is 14.9. The van der Waals surface area contributed by atoms with E-state index in [0.717, 1.165) is 24.3 Å². The molecule has 3 atom stereocenters. The molecule has 1 saturated carbocycles. The van der Waals surface area contributed by atoms with Crippen molar-refractivity contribution in [3.8, 4) is 0 Å². The molecule has 1 heteroatoms. The molecule has 1 N–H and O–H groups in total. The van der Waals surface area contributed by atoms with E-state index in [4.69, 9.17) is 0 Å². The molecule has 0 amide bonds. The van der Waals surface area contributed by atoms with Gasteiger partial charge in [0.25, 0.3) is 0 Å². The van der Waals surface area contributed by atoms with E-state index in [0.29, 0.717) is 0 Å². The highest BCUT2D eigenvalue weighted by Crippen LogP contribution is 2.57. The van der Waals surface area contributed by atoms with Gasteiger partial charge in [-0.15, -0.1) is 0 Å². The molecule has 1 aliphatic carbocycles. The van der Waals surface area contributed by atoms with Gasteiger partial charge in [0.2, 0.25) is 0 Å². The lowest BCUT2D eigenvalue weighted by atomic mass is 9.85. The number of nitrogens with one attached hydrogen (secondary N) is 1. The van der Waals surface area contributed by atoms with E-state index in [2.05, 4.69) is 59.9 Å². The molecule has 2 aromatic carbocycles. The van der Waals surface area contributed by atoms with Gasteiger partial charge in [0.1, 0.15) is 0 Å². The third-order valence-electron chi connectivity index (χ3n) is 4.72. The number of anilines is 1. The lowest BCUT2D eigenvalue weighted by Gasteiger charge is -2.27. The number of fused-ring (bicyclic) bond motifs is 1. The van der Waals surface area contributed by atoms with Crippen molar-refractivity contribution in [3.63, 3.8) is 0 Å². The van der Waals surface area contributed by atoms with Crippen LogP contribution in [-0.4, -0.2) is 6.54 Å². The van der Waals surface area contributed by atoms with Crippen molar-refractivity contribution in [2.45, 2.75) is 24.7 Å². The summed E-state index contributed by atoms with van der Waals surface area (Å²) in [4.78, 5) is 0. The molecule has 0 saturated heterocycles. The molecule has 0 bridgehead atoms. The zero-order valence-corrected chi connectivity index (χ0v) is 11.0. The maximum absolute atomic E-state index is 3.53. The van der Waals surface area contributed by atoms with E-state index >= 15 is 0 Å². The van der Waals surface area contributed by atoms with Crippen molar-refractivity contribution in [1.29, 1.82) is 0 Å². The first-order valence-corrected chi connectivity index (χ1v) is 7.31. The lowest BCUT2D eigenvalue weighted by molar-refractivity contribution is 0.548. The van der Waals surface area contributed by atoms with Crippen molar-refractivity contribution < 1.29 is 0 Å². The van der Waals surface area contributed by atoms with Crippen LogP contribution >= 0.6 is 0 Å². The summed E-state index contributed by atoms with van der Waals surface area (Å²) in [5, 5.41) is 3.53. The summed E-state index contributed by atoms with van der Waals surface area (Å²) in [5.41, 5.74) is 4.43. The summed E-state index contributed by atoms with van der Waals surface area (Å²) in [6, 6.07) is 19.9. The summed E-state index contributed by atoms with van der Waals surface area (Å²) < 4.78 is 0. The minimum atomic E-state index is 0.752. The SMILES string of the molecule is c1ccc(C2CC2C2CCNc3ccccc32)cc1.